The van der Waals surface area contributed by atoms with Gasteiger partial charge in [0.1, 0.15) is 5.60 Å². The third kappa shape index (κ3) is 2.80. The number of rotatable bonds is 5. The molecular formula is C14H14N4O2S2. The zero-order valence-corrected chi connectivity index (χ0v) is 13.4. The van der Waals surface area contributed by atoms with E-state index in [2.05, 4.69) is 15.6 Å². The van der Waals surface area contributed by atoms with Gasteiger partial charge in [-0.3, -0.25) is 9.48 Å². The van der Waals surface area contributed by atoms with Crippen molar-refractivity contribution in [2.75, 3.05) is 6.54 Å². The summed E-state index contributed by atoms with van der Waals surface area (Å²) >= 11 is 2.95. The van der Waals surface area contributed by atoms with Crippen LogP contribution in [0.5, 0.6) is 0 Å². The van der Waals surface area contributed by atoms with Gasteiger partial charge < -0.3 is 10.4 Å². The summed E-state index contributed by atoms with van der Waals surface area (Å²) in [6.07, 6.45) is 1.53. The summed E-state index contributed by atoms with van der Waals surface area (Å²) in [6, 6.07) is 5.59. The lowest BCUT2D eigenvalue weighted by Gasteiger charge is -2.26. The highest BCUT2D eigenvalue weighted by Crippen LogP contribution is 2.33. The number of nitrogens with zero attached hydrogens (tertiary/aromatic N) is 3. The molecule has 1 atom stereocenters. The van der Waals surface area contributed by atoms with E-state index in [0.29, 0.717) is 0 Å². The van der Waals surface area contributed by atoms with Crippen LogP contribution in [0.15, 0.2) is 40.5 Å². The number of hydrogen-bond acceptors (Lipinski definition) is 6. The van der Waals surface area contributed by atoms with Crippen LogP contribution in [0.3, 0.4) is 0 Å². The Balaban J connectivity index is 1.81. The summed E-state index contributed by atoms with van der Waals surface area (Å²) in [4.78, 5) is 12.9. The SMILES string of the molecule is Cn1cc(C(=O)NC[C@](O)(c2ccsc2)c2cccs2)nn1. The lowest BCUT2D eigenvalue weighted by molar-refractivity contribution is 0.0718. The second-order valence-corrected chi connectivity index (χ2v) is 6.54. The molecule has 0 aliphatic rings. The van der Waals surface area contributed by atoms with Crippen LogP contribution in [0.2, 0.25) is 0 Å². The fourth-order valence-electron chi connectivity index (χ4n) is 2.10. The van der Waals surface area contributed by atoms with Gasteiger partial charge in [0.15, 0.2) is 5.69 Å². The van der Waals surface area contributed by atoms with E-state index in [1.54, 1.807) is 7.05 Å². The first-order chi connectivity index (χ1) is 10.6. The van der Waals surface area contributed by atoms with E-state index in [1.165, 1.54) is 33.6 Å². The lowest BCUT2D eigenvalue weighted by atomic mass is 9.94. The van der Waals surface area contributed by atoms with Crippen molar-refractivity contribution in [1.82, 2.24) is 20.3 Å². The van der Waals surface area contributed by atoms with Crippen LogP contribution in [0.1, 0.15) is 20.9 Å². The molecule has 2 N–H and O–H groups in total. The fraction of sp³-hybridized carbons (Fsp3) is 0.214. The van der Waals surface area contributed by atoms with Crippen molar-refractivity contribution in [3.05, 3.63) is 56.7 Å². The lowest BCUT2D eigenvalue weighted by Crippen LogP contribution is -2.41. The summed E-state index contributed by atoms with van der Waals surface area (Å²) in [5.74, 6) is -0.363. The first kappa shape index (κ1) is 14.9. The van der Waals surface area contributed by atoms with Crippen molar-refractivity contribution in [1.29, 1.82) is 0 Å². The monoisotopic (exact) mass is 334 g/mol. The first-order valence-corrected chi connectivity index (χ1v) is 8.35. The van der Waals surface area contributed by atoms with Crippen LogP contribution in [0.4, 0.5) is 0 Å². The van der Waals surface area contributed by atoms with Gasteiger partial charge >= 0.3 is 0 Å². The molecule has 6 nitrogen and oxygen atoms in total. The van der Waals surface area contributed by atoms with Crippen LogP contribution < -0.4 is 5.32 Å². The van der Waals surface area contributed by atoms with Gasteiger partial charge in [-0.2, -0.15) is 11.3 Å². The molecule has 3 rings (SSSR count). The largest absolute Gasteiger partial charge is 0.378 e. The number of amides is 1. The summed E-state index contributed by atoms with van der Waals surface area (Å²) in [6.45, 7) is 0.0691. The molecule has 0 aliphatic carbocycles. The molecule has 1 amide bonds. The molecular weight excluding hydrogens is 320 g/mol. The maximum Gasteiger partial charge on any atom is 0.273 e. The average Bonchev–Trinajstić information content (AvgIpc) is 3.24. The Labute approximate surface area is 135 Å². The average molecular weight is 334 g/mol. The van der Waals surface area contributed by atoms with E-state index < -0.39 is 5.60 Å². The van der Waals surface area contributed by atoms with E-state index in [1.807, 2.05) is 34.3 Å². The number of aliphatic hydroxyl groups is 1. The van der Waals surface area contributed by atoms with Crippen LogP contribution in [0.25, 0.3) is 0 Å². The Morgan fingerprint density at radius 1 is 1.45 bits per heavy atom. The molecule has 0 aliphatic heterocycles. The molecule has 0 aromatic carbocycles. The summed E-state index contributed by atoms with van der Waals surface area (Å²) in [5, 5.41) is 27.0. The van der Waals surface area contributed by atoms with Crippen molar-refractivity contribution < 1.29 is 9.90 Å². The molecule has 0 saturated carbocycles. The third-order valence-electron chi connectivity index (χ3n) is 3.27. The van der Waals surface area contributed by atoms with E-state index in [0.717, 1.165) is 10.4 Å². The van der Waals surface area contributed by atoms with Crippen molar-refractivity contribution in [2.24, 2.45) is 7.05 Å². The summed E-state index contributed by atoms with van der Waals surface area (Å²) in [5.41, 5.74) is -0.257. The molecule has 3 aromatic heterocycles. The van der Waals surface area contributed by atoms with Gasteiger partial charge in [-0.05, 0) is 28.3 Å². The number of hydrogen-bond donors (Lipinski definition) is 2. The predicted molar refractivity (Wildman–Crippen MR) is 85.0 cm³/mol. The molecule has 0 radical (unpaired) electrons. The fourth-order valence-corrected chi connectivity index (χ4v) is 3.67. The number of nitrogens with one attached hydrogen (secondary N) is 1. The summed E-state index contributed by atoms with van der Waals surface area (Å²) in [7, 11) is 1.69. The van der Waals surface area contributed by atoms with E-state index in [4.69, 9.17) is 0 Å². The predicted octanol–water partition coefficient (Wildman–Crippen LogP) is 1.60. The van der Waals surface area contributed by atoms with Crippen LogP contribution in [-0.4, -0.2) is 32.6 Å². The minimum absolute atomic E-state index is 0.0691. The quantitative estimate of drug-likeness (QED) is 0.743. The first-order valence-electron chi connectivity index (χ1n) is 6.53. The molecule has 0 saturated heterocycles. The second-order valence-electron chi connectivity index (χ2n) is 4.81. The maximum absolute atomic E-state index is 12.1. The number of carbonyl (C=O) groups excluding carboxylic acids is 1. The Kier molecular flexibility index (Phi) is 4.06. The third-order valence-corrected chi connectivity index (χ3v) is 4.97. The van der Waals surface area contributed by atoms with Gasteiger partial charge in [0, 0.05) is 17.5 Å². The van der Waals surface area contributed by atoms with Crippen molar-refractivity contribution >= 4 is 28.6 Å². The molecule has 3 aromatic rings. The van der Waals surface area contributed by atoms with E-state index in [-0.39, 0.29) is 18.1 Å². The molecule has 0 spiro atoms. The molecule has 22 heavy (non-hydrogen) atoms. The standard InChI is InChI=1S/C14H14N4O2S2/c1-18-7-11(16-17-18)13(19)15-9-14(20,10-4-6-21-8-10)12-3-2-5-22-12/h2-8,20H,9H2,1H3,(H,15,19)/t14-/m0/s1. The van der Waals surface area contributed by atoms with Crippen LogP contribution >= 0.6 is 22.7 Å². The summed E-state index contributed by atoms with van der Waals surface area (Å²) < 4.78 is 1.46. The Morgan fingerprint density at radius 3 is 2.91 bits per heavy atom. The highest BCUT2D eigenvalue weighted by Gasteiger charge is 2.33. The van der Waals surface area contributed by atoms with Crippen LogP contribution in [-0.2, 0) is 12.6 Å². The maximum atomic E-state index is 12.1. The number of thiophene rings is 2. The molecule has 114 valence electrons. The van der Waals surface area contributed by atoms with Gasteiger partial charge in [0.25, 0.3) is 5.91 Å². The second kappa shape index (κ2) is 5.99. The van der Waals surface area contributed by atoms with E-state index in [9.17, 15) is 9.90 Å². The van der Waals surface area contributed by atoms with Gasteiger partial charge in [0.05, 0.1) is 12.7 Å². The number of carbonyl (C=O) groups is 1. The van der Waals surface area contributed by atoms with E-state index >= 15 is 0 Å². The van der Waals surface area contributed by atoms with Gasteiger partial charge in [-0.1, -0.05) is 11.3 Å². The zero-order chi connectivity index (χ0) is 15.6. The normalized spacial score (nSPS) is 13.7. The van der Waals surface area contributed by atoms with Crippen molar-refractivity contribution in [2.45, 2.75) is 5.60 Å². The highest BCUT2D eigenvalue weighted by molar-refractivity contribution is 7.10. The Morgan fingerprint density at radius 2 is 2.32 bits per heavy atom. The smallest absolute Gasteiger partial charge is 0.273 e. The number of aromatic nitrogens is 3. The minimum Gasteiger partial charge on any atom is -0.378 e. The minimum atomic E-state index is -1.24. The topological polar surface area (TPSA) is 80.0 Å². The zero-order valence-electron chi connectivity index (χ0n) is 11.8. The highest BCUT2D eigenvalue weighted by atomic mass is 32.1. The van der Waals surface area contributed by atoms with Crippen molar-refractivity contribution in [3.63, 3.8) is 0 Å². The molecule has 0 unspecified atom stereocenters. The molecule has 3 heterocycles. The molecule has 0 bridgehead atoms. The van der Waals surface area contributed by atoms with Crippen molar-refractivity contribution in [3.8, 4) is 0 Å². The van der Waals surface area contributed by atoms with Gasteiger partial charge in [-0.25, -0.2) is 0 Å². The number of aryl methyl sites for hydroxylation is 1. The molecule has 8 heteroatoms. The molecule has 0 fully saturated rings. The Bertz CT molecular complexity index is 716. The van der Waals surface area contributed by atoms with Crippen LogP contribution in [0, 0.1) is 0 Å². The van der Waals surface area contributed by atoms with Gasteiger partial charge in [-0.15, -0.1) is 16.4 Å². The Hall–Kier alpha value is -2.03. The van der Waals surface area contributed by atoms with Gasteiger partial charge in [0.2, 0.25) is 0 Å².